The fourth-order valence-electron chi connectivity index (χ4n) is 0.883. The predicted molar refractivity (Wildman–Crippen MR) is 42.7 cm³/mol. The summed E-state index contributed by atoms with van der Waals surface area (Å²) >= 11 is 0. The predicted octanol–water partition coefficient (Wildman–Crippen LogP) is -0.362. The fourth-order valence-corrected chi connectivity index (χ4v) is 0.883. The molecule has 0 saturated carbocycles. The second-order valence-corrected chi connectivity index (χ2v) is 2.48. The molecule has 0 radical (unpaired) electrons. The van der Waals surface area contributed by atoms with Crippen LogP contribution in [0.1, 0.15) is 18.7 Å². The van der Waals surface area contributed by atoms with Crippen molar-refractivity contribution in [3.8, 4) is 0 Å². The van der Waals surface area contributed by atoms with Crippen LogP contribution in [0.5, 0.6) is 0 Å². The zero-order valence-corrected chi connectivity index (χ0v) is 6.57. The van der Waals surface area contributed by atoms with Gasteiger partial charge in [0.25, 0.3) is 0 Å². The molecule has 11 heavy (non-hydrogen) atoms. The van der Waals surface area contributed by atoms with E-state index in [9.17, 15) is 0 Å². The Bertz CT molecular complexity index is 266. The van der Waals surface area contributed by atoms with Gasteiger partial charge in [0.15, 0.2) is 0 Å². The van der Waals surface area contributed by atoms with Crippen LogP contribution in [0, 0.1) is 0 Å². The molecule has 0 aliphatic heterocycles. The van der Waals surface area contributed by atoms with Gasteiger partial charge in [-0.3, -0.25) is 4.68 Å². The maximum absolute atomic E-state index is 9.13. The van der Waals surface area contributed by atoms with Crippen molar-refractivity contribution in [1.82, 2.24) is 9.78 Å². The standard InChI is InChI=1S/C6H12N4O/c1-3(11)5-4(7)6(8)10(2)9-5/h3,11H,7-8H2,1-2H3. The van der Waals surface area contributed by atoms with Gasteiger partial charge in [0.2, 0.25) is 0 Å². The fraction of sp³-hybridized carbons (Fsp3) is 0.500. The highest BCUT2D eigenvalue weighted by molar-refractivity contribution is 5.62. The van der Waals surface area contributed by atoms with Gasteiger partial charge in [-0.05, 0) is 6.92 Å². The number of hydrogen-bond donors (Lipinski definition) is 3. The third kappa shape index (κ3) is 1.14. The molecule has 1 aromatic rings. The molecule has 0 fully saturated rings. The number of aromatic nitrogens is 2. The molecule has 1 heterocycles. The molecular weight excluding hydrogens is 144 g/mol. The highest BCUT2D eigenvalue weighted by Gasteiger charge is 2.13. The van der Waals surface area contributed by atoms with Crippen LogP contribution >= 0.6 is 0 Å². The Hall–Kier alpha value is -1.23. The van der Waals surface area contributed by atoms with Crippen molar-refractivity contribution in [2.45, 2.75) is 13.0 Å². The zero-order chi connectivity index (χ0) is 8.59. The van der Waals surface area contributed by atoms with Crippen LogP contribution in [0.4, 0.5) is 11.5 Å². The quantitative estimate of drug-likeness (QED) is 0.517. The first-order chi connectivity index (χ1) is 5.04. The molecule has 0 saturated heterocycles. The van der Waals surface area contributed by atoms with Gasteiger partial charge in [-0.25, -0.2) is 0 Å². The van der Waals surface area contributed by atoms with E-state index in [-0.39, 0.29) is 0 Å². The first kappa shape index (κ1) is 7.87. The molecule has 0 bridgehead atoms. The summed E-state index contributed by atoms with van der Waals surface area (Å²) in [6, 6.07) is 0. The van der Waals surface area contributed by atoms with E-state index in [2.05, 4.69) is 5.10 Å². The number of aryl methyl sites for hydroxylation is 1. The van der Waals surface area contributed by atoms with Gasteiger partial charge in [0.05, 0.1) is 6.10 Å². The van der Waals surface area contributed by atoms with Crippen molar-refractivity contribution in [2.24, 2.45) is 7.05 Å². The molecule has 5 nitrogen and oxygen atoms in total. The molecule has 1 atom stereocenters. The van der Waals surface area contributed by atoms with E-state index in [4.69, 9.17) is 16.6 Å². The lowest BCUT2D eigenvalue weighted by molar-refractivity contribution is 0.194. The first-order valence-corrected chi connectivity index (χ1v) is 3.30. The SMILES string of the molecule is CC(O)c1nn(C)c(N)c1N. The molecule has 1 rings (SSSR count). The van der Waals surface area contributed by atoms with Crippen LogP contribution < -0.4 is 11.5 Å². The molecule has 0 aromatic carbocycles. The van der Waals surface area contributed by atoms with Crippen LogP contribution in [0.25, 0.3) is 0 Å². The summed E-state index contributed by atoms with van der Waals surface area (Å²) in [7, 11) is 1.68. The Labute approximate surface area is 64.6 Å². The maximum Gasteiger partial charge on any atom is 0.145 e. The second kappa shape index (κ2) is 2.43. The minimum atomic E-state index is -0.668. The molecule has 1 unspecified atom stereocenters. The number of anilines is 2. The Balaban J connectivity index is 3.19. The minimum Gasteiger partial charge on any atom is -0.394 e. The average molecular weight is 156 g/mol. The molecular formula is C6H12N4O. The van der Waals surface area contributed by atoms with E-state index in [0.717, 1.165) is 0 Å². The largest absolute Gasteiger partial charge is 0.394 e. The van der Waals surface area contributed by atoms with Gasteiger partial charge in [0.1, 0.15) is 17.2 Å². The van der Waals surface area contributed by atoms with E-state index >= 15 is 0 Å². The molecule has 0 aliphatic rings. The Morgan fingerprint density at radius 1 is 1.55 bits per heavy atom. The summed E-state index contributed by atoms with van der Waals surface area (Å²) in [5, 5.41) is 13.1. The maximum atomic E-state index is 9.13. The van der Waals surface area contributed by atoms with E-state index in [0.29, 0.717) is 17.2 Å². The third-order valence-electron chi connectivity index (χ3n) is 1.55. The van der Waals surface area contributed by atoms with Gasteiger partial charge in [-0.2, -0.15) is 5.10 Å². The smallest absolute Gasteiger partial charge is 0.145 e. The van der Waals surface area contributed by atoms with E-state index in [1.54, 1.807) is 14.0 Å². The number of aliphatic hydroxyl groups excluding tert-OH is 1. The number of nitrogen functional groups attached to an aromatic ring is 2. The van der Waals surface area contributed by atoms with E-state index in [1.807, 2.05) is 0 Å². The third-order valence-corrected chi connectivity index (χ3v) is 1.55. The summed E-state index contributed by atoms with van der Waals surface area (Å²) in [5.41, 5.74) is 11.8. The number of nitrogens with zero attached hydrogens (tertiary/aromatic N) is 2. The average Bonchev–Trinajstić information content (AvgIpc) is 2.17. The van der Waals surface area contributed by atoms with Crippen molar-refractivity contribution in [3.63, 3.8) is 0 Å². The van der Waals surface area contributed by atoms with Crippen LogP contribution in [-0.2, 0) is 7.05 Å². The molecule has 0 aliphatic carbocycles. The highest BCUT2D eigenvalue weighted by atomic mass is 16.3. The summed E-state index contributed by atoms with van der Waals surface area (Å²) in [5.74, 6) is 0.390. The summed E-state index contributed by atoms with van der Waals surface area (Å²) in [4.78, 5) is 0. The van der Waals surface area contributed by atoms with Crippen LogP contribution in [0.3, 0.4) is 0 Å². The van der Waals surface area contributed by atoms with Gasteiger partial charge in [-0.15, -0.1) is 0 Å². The van der Waals surface area contributed by atoms with Gasteiger partial charge in [-0.1, -0.05) is 0 Å². The molecule has 5 heteroatoms. The molecule has 1 aromatic heterocycles. The van der Waals surface area contributed by atoms with Crippen molar-refractivity contribution < 1.29 is 5.11 Å². The van der Waals surface area contributed by atoms with Crippen molar-refractivity contribution >= 4 is 11.5 Å². The topological polar surface area (TPSA) is 90.1 Å². The van der Waals surface area contributed by atoms with Gasteiger partial charge in [0, 0.05) is 7.05 Å². The van der Waals surface area contributed by atoms with Gasteiger partial charge < -0.3 is 16.6 Å². The van der Waals surface area contributed by atoms with E-state index in [1.165, 1.54) is 4.68 Å². The van der Waals surface area contributed by atoms with Crippen molar-refractivity contribution in [2.75, 3.05) is 11.5 Å². The Morgan fingerprint density at radius 2 is 2.09 bits per heavy atom. The summed E-state index contributed by atoms with van der Waals surface area (Å²) < 4.78 is 1.44. The van der Waals surface area contributed by atoms with Crippen LogP contribution in [-0.4, -0.2) is 14.9 Å². The Morgan fingerprint density at radius 3 is 2.27 bits per heavy atom. The molecule has 0 spiro atoms. The Kier molecular flexibility index (Phi) is 1.74. The second-order valence-electron chi connectivity index (χ2n) is 2.48. The van der Waals surface area contributed by atoms with E-state index < -0.39 is 6.10 Å². The zero-order valence-electron chi connectivity index (χ0n) is 6.57. The lowest BCUT2D eigenvalue weighted by Gasteiger charge is -1.98. The van der Waals surface area contributed by atoms with Crippen LogP contribution in [0.2, 0.25) is 0 Å². The van der Waals surface area contributed by atoms with Crippen molar-refractivity contribution in [3.05, 3.63) is 5.69 Å². The number of hydrogen-bond acceptors (Lipinski definition) is 4. The number of nitrogens with two attached hydrogens (primary N) is 2. The van der Waals surface area contributed by atoms with Crippen molar-refractivity contribution in [1.29, 1.82) is 0 Å². The summed E-state index contributed by atoms with van der Waals surface area (Å²) in [6.07, 6.45) is -0.668. The molecule has 5 N–H and O–H groups in total. The molecule has 0 amide bonds. The minimum absolute atomic E-state index is 0.363. The van der Waals surface area contributed by atoms with Crippen LogP contribution in [0.15, 0.2) is 0 Å². The normalized spacial score (nSPS) is 13.4. The lowest BCUT2D eigenvalue weighted by atomic mass is 10.2. The monoisotopic (exact) mass is 156 g/mol. The first-order valence-electron chi connectivity index (χ1n) is 3.30. The summed E-state index contributed by atoms with van der Waals surface area (Å²) in [6.45, 7) is 1.60. The number of rotatable bonds is 1. The lowest BCUT2D eigenvalue weighted by Crippen LogP contribution is -1.99. The molecule has 62 valence electrons. The highest BCUT2D eigenvalue weighted by Crippen LogP contribution is 2.23. The van der Waals surface area contributed by atoms with Gasteiger partial charge >= 0.3 is 0 Å². The number of aliphatic hydroxyl groups is 1.